The monoisotopic (exact) mass is 258 g/mol. The van der Waals surface area contributed by atoms with Crippen LogP contribution in [0, 0.1) is 6.92 Å². The highest BCUT2D eigenvalue weighted by molar-refractivity contribution is 7.09. The first-order chi connectivity index (χ1) is 8.74. The Bertz CT molecular complexity index is 683. The van der Waals surface area contributed by atoms with Gasteiger partial charge in [0.15, 0.2) is 0 Å². The lowest BCUT2D eigenvalue weighted by Gasteiger charge is -2.03. The summed E-state index contributed by atoms with van der Waals surface area (Å²) in [5.74, 6) is 0.877. The summed E-state index contributed by atoms with van der Waals surface area (Å²) in [7, 11) is 2.02. The number of rotatable bonds is 3. The molecule has 1 aromatic carbocycles. The number of hydrogen-bond donors (Lipinski definition) is 1. The van der Waals surface area contributed by atoms with Crippen LogP contribution in [0.2, 0.25) is 0 Å². The zero-order chi connectivity index (χ0) is 12.5. The van der Waals surface area contributed by atoms with E-state index < -0.39 is 0 Å². The van der Waals surface area contributed by atoms with E-state index in [4.69, 9.17) is 0 Å². The van der Waals surface area contributed by atoms with Crippen molar-refractivity contribution in [2.45, 2.75) is 13.5 Å². The van der Waals surface area contributed by atoms with Gasteiger partial charge in [0.05, 0.1) is 28.3 Å². The number of aromatic nitrogens is 3. The van der Waals surface area contributed by atoms with E-state index in [1.807, 2.05) is 32.2 Å². The molecule has 0 aliphatic carbocycles. The maximum absolute atomic E-state index is 4.56. The second-order valence-corrected chi connectivity index (χ2v) is 5.26. The number of hydrogen-bond acceptors (Lipinski definition) is 4. The van der Waals surface area contributed by atoms with Crippen LogP contribution in [0.5, 0.6) is 0 Å². The molecule has 5 heteroatoms. The number of benzene rings is 1. The molecule has 2 aromatic heterocycles. The maximum atomic E-state index is 4.56. The van der Waals surface area contributed by atoms with Crippen LogP contribution in [0.1, 0.15) is 10.7 Å². The number of anilines is 1. The SMILES string of the molecule is Cc1nc(CNc2nc3ccccc3n2C)cs1. The molecule has 18 heavy (non-hydrogen) atoms. The highest BCUT2D eigenvalue weighted by Crippen LogP contribution is 2.18. The molecule has 3 aromatic rings. The van der Waals surface area contributed by atoms with Crippen LogP contribution in [0.3, 0.4) is 0 Å². The Morgan fingerprint density at radius 1 is 1.28 bits per heavy atom. The topological polar surface area (TPSA) is 42.7 Å². The number of aryl methyl sites for hydroxylation is 2. The Hall–Kier alpha value is -1.88. The van der Waals surface area contributed by atoms with Gasteiger partial charge in [0, 0.05) is 12.4 Å². The van der Waals surface area contributed by atoms with E-state index in [0.717, 1.165) is 27.7 Å². The normalized spacial score (nSPS) is 11.0. The zero-order valence-corrected chi connectivity index (χ0v) is 11.2. The van der Waals surface area contributed by atoms with Gasteiger partial charge in [-0.25, -0.2) is 9.97 Å². The van der Waals surface area contributed by atoms with Crippen molar-refractivity contribution in [3.8, 4) is 0 Å². The van der Waals surface area contributed by atoms with Crippen LogP contribution in [0.4, 0.5) is 5.95 Å². The van der Waals surface area contributed by atoms with Crippen molar-refractivity contribution in [1.82, 2.24) is 14.5 Å². The van der Waals surface area contributed by atoms with Crippen molar-refractivity contribution in [3.63, 3.8) is 0 Å². The lowest BCUT2D eigenvalue weighted by atomic mass is 10.3. The molecule has 4 nitrogen and oxygen atoms in total. The largest absolute Gasteiger partial charge is 0.350 e. The summed E-state index contributed by atoms with van der Waals surface area (Å²) < 4.78 is 2.06. The molecule has 0 saturated heterocycles. The van der Waals surface area contributed by atoms with Crippen molar-refractivity contribution in [1.29, 1.82) is 0 Å². The molecule has 0 unspecified atom stereocenters. The first-order valence-corrected chi connectivity index (χ1v) is 6.68. The van der Waals surface area contributed by atoms with E-state index in [0.29, 0.717) is 6.54 Å². The van der Waals surface area contributed by atoms with Gasteiger partial charge in [0.2, 0.25) is 5.95 Å². The molecular formula is C13H14N4S. The smallest absolute Gasteiger partial charge is 0.203 e. The van der Waals surface area contributed by atoms with Gasteiger partial charge in [-0.05, 0) is 19.1 Å². The fraction of sp³-hybridized carbons (Fsp3) is 0.231. The van der Waals surface area contributed by atoms with Crippen LogP contribution < -0.4 is 5.32 Å². The van der Waals surface area contributed by atoms with E-state index in [-0.39, 0.29) is 0 Å². The molecule has 0 atom stereocenters. The average Bonchev–Trinajstić information content (AvgIpc) is 2.92. The van der Waals surface area contributed by atoms with Crippen LogP contribution in [0.15, 0.2) is 29.6 Å². The van der Waals surface area contributed by atoms with Crippen LogP contribution >= 0.6 is 11.3 Å². The minimum Gasteiger partial charge on any atom is -0.350 e. The molecule has 0 saturated carbocycles. The summed E-state index contributed by atoms with van der Waals surface area (Å²) in [5.41, 5.74) is 3.20. The standard InChI is InChI=1S/C13H14N4S/c1-9-15-10(8-18-9)7-14-13-16-11-5-3-4-6-12(11)17(13)2/h3-6,8H,7H2,1-2H3,(H,14,16). The van der Waals surface area contributed by atoms with Crippen LogP contribution in [0.25, 0.3) is 11.0 Å². The minimum absolute atomic E-state index is 0.710. The predicted octanol–water partition coefficient (Wildman–Crippen LogP) is 2.95. The molecule has 3 rings (SSSR count). The van der Waals surface area contributed by atoms with E-state index >= 15 is 0 Å². The summed E-state index contributed by atoms with van der Waals surface area (Å²) in [6.07, 6.45) is 0. The lowest BCUT2D eigenvalue weighted by molar-refractivity contribution is 0.918. The summed E-state index contributed by atoms with van der Waals surface area (Å²) in [4.78, 5) is 8.99. The molecular weight excluding hydrogens is 244 g/mol. The Balaban J connectivity index is 1.84. The van der Waals surface area contributed by atoms with E-state index in [9.17, 15) is 0 Å². The summed E-state index contributed by atoms with van der Waals surface area (Å²) in [6, 6.07) is 8.12. The van der Waals surface area contributed by atoms with Gasteiger partial charge in [-0.15, -0.1) is 11.3 Å². The van der Waals surface area contributed by atoms with Gasteiger partial charge in [-0.3, -0.25) is 0 Å². The Morgan fingerprint density at radius 3 is 2.83 bits per heavy atom. The van der Waals surface area contributed by atoms with E-state index in [1.54, 1.807) is 11.3 Å². The molecule has 0 bridgehead atoms. The first kappa shape index (κ1) is 11.2. The third kappa shape index (κ3) is 1.97. The molecule has 0 spiro atoms. The molecule has 0 radical (unpaired) electrons. The Morgan fingerprint density at radius 2 is 2.11 bits per heavy atom. The molecule has 0 amide bonds. The van der Waals surface area contributed by atoms with Crippen molar-refractivity contribution < 1.29 is 0 Å². The van der Waals surface area contributed by atoms with Crippen LogP contribution in [-0.2, 0) is 13.6 Å². The van der Waals surface area contributed by atoms with Crippen molar-refractivity contribution >= 4 is 28.3 Å². The fourth-order valence-electron chi connectivity index (χ4n) is 1.96. The van der Waals surface area contributed by atoms with Crippen molar-refractivity contribution in [2.75, 3.05) is 5.32 Å². The second kappa shape index (κ2) is 4.42. The third-order valence-electron chi connectivity index (χ3n) is 2.88. The fourth-order valence-corrected chi connectivity index (χ4v) is 2.58. The summed E-state index contributed by atoms with van der Waals surface area (Å²) >= 11 is 1.67. The van der Waals surface area contributed by atoms with Crippen LogP contribution in [-0.4, -0.2) is 14.5 Å². The number of fused-ring (bicyclic) bond motifs is 1. The molecule has 0 fully saturated rings. The van der Waals surface area contributed by atoms with Gasteiger partial charge in [-0.2, -0.15) is 0 Å². The first-order valence-electron chi connectivity index (χ1n) is 5.80. The average molecular weight is 258 g/mol. The van der Waals surface area contributed by atoms with E-state index in [2.05, 4.69) is 31.3 Å². The second-order valence-electron chi connectivity index (χ2n) is 4.19. The number of nitrogens with one attached hydrogen (secondary N) is 1. The van der Waals surface area contributed by atoms with Gasteiger partial charge < -0.3 is 9.88 Å². The Labute approximate surface area is 109 Å². The van der Waals surface area contributed by atoms with Gasteiger partial charge in [0.25, 0.3) is 0 Å². The van der Waals surface area contributed by atoms with Gasteiger partial charge in [-0.1, -0.05) is 12.1 Å². The highest BCUT2D eigenvalue weighted by atomic mass is 32.1. The van der Waals surface area contributed by atoms with Crippen molar-refractivity contribution in [2.24, 2.45) is 7.05 Å². The highest BCUT2D eigenvalue weighted by Gasteiger charge is 2.06. The van der Waals surface area contributed by atoms with Crippen molar-refractivity contribution in [3.05, 3.63) is 40.3 Å². The number of imidazole rings is 1. The maximum Gasteiger partial charge on any atom is 0.203 e. The zero-order valence-electron chi connectivity index (χ0n) is 10.3. The molecule has 1 N–H and O–H groups in total. The predicted molar refractivity (Wildman–Crippen MR) is 74.9 cm³/mol. The molecule has 2 heterocycles. The number of para-hydroxylation sites is 2. The van der Waals surface area contributed by atoms with Gasteiger partial charge >= 0.3 is 0 Å². The van der Waals surface area contributed by atoms with E-state index in [1.165, 1.54) is 0 Å². The van der Waals surface area contributed by atoms with Gasteiger partial charge in [0.1, 0.15) is 0 Å². The minimum atomic E-state index is 0.710. The lowest BCUT2D eigenvalue weighted by Crippen LogP contribution is -2.05. The summed E-state index contributed by atoms with van der Waals surface area (Å²) in [6.45, 7) is 2.73. The third-order valence-corrected chi connectivity index (χ3v) is 3.70. The Kier molecular flexibility index (Phi) is 2.76. The number of nitrogens with zero attached hydrogens (tertiary/aromatic N) is 3. The molecule has 0 aliphatic heterocycles. The molecule has 0 aliphatic rings. The number of thiazole rings is 1. The summed E-state index contributed by atoms with van der Waals surface area (Å²) in [5, 5.41) is 6.50. The molecule has 92 valence electrons. The quantitative estimate of drug-likeness (QED) is 0.785.